The Kier molecular flexibility index (Phi) is 5.28. The third-order valence-electron chi connectivity index (χ3n) is 3.47. The SMILES string of the molecule is CCSCC(C)N1CNC(Cc2ccccc2)C1=O. The maximum absolute atomic E-state index is 12.4. The second-order valence-corrected chi connectivity index (χ2v) is 6.24. The molecule has 1 amide bonds. The second kappa shape index (κ2) is 6.96. The predicted molar refractivity (Wildman–Crippen MR) is 81.2 cm³/mol. The van der Waals surface area contributed by atoms with Crippen molar-refractivity contribution < 1.29 is 4.79 Å². The van der Waals surface area contributed by atoms with Gasteiger partial charge in [-0.05, 0) is 24.7 Å². The molecule has 0 aromatic heterocycles. The van der Waals surface area contributed by atoms with E-state index in [1.807, 2.05) is 34.9 Å². The van der Waals surface area contributed by atoms with Gasteiger partial charge in [-0.3, -0.25) is 10.1 Å². The Morgan fingerprint density at radius 2 is 2.16 bits per heavy atom. The number of rotatable bonds is 6. The summed E-state index contributed by atoms with van der Waals surface area (Å²) in [4.78, 5) is 14.3. The first-order valence-corrected chi connectivity index (χ1v) is 8.03. The molecule has 0 saturated carbocycles. The number of hydrogen-bond acceptors (Lipinski definition) is 3. The van der Waals surface area contributed by atoms with Crippen LogP contribution in [-0.2, 0) is 11.2 Å². The lowest BCUT2D eigenvalue weighted by Crippen LogP contribution is -2.38. The van der Waals surface area contributed by atoms with Gasteiger partial charge < -0.3 is 4.90 Å². The largest absolute Gasteiger partial charge is 0.325 e. The third-order valence-corrected chi connectivity index (χ3v) is 4.59. The average Bonchev–Trinajstić information content (AvgIpc) is 2.79. The van der Waals surface area contributed by atoms with Crippen molar-refractivity contribution >= 4 is 17.7 Å². The van der Waals surface area contributed by atoms with Crippen molar-refractivity contribution in [2.24, 2.45) is 0 Å². The Hall–Kier alpha value is -1.00. The zero-order valence-electron chi connectivity index (χ0n) is 11.6. The number of carbonyl (C=O) groups is 1. The van der Waals surface area contributed by atoms with Crippen molar-refractivity contribution in [3.63, 3.8) is 0 Å². The van der Waals surface area contributed by atoms with E-state index in [9.17, 15) is 4.79 Å². The fourth-order valence-electron chi connectivity index (χ4n) is 2.33. The molecular weight excluding hydrogens is 256 g/mol. The molecule has 2 rings (SSSR count). The van der Waals surface area contributed by atoms with Gasteiger partial charge in [0.25, 0.3) is 0 Å². The lowest BCUT2D eigenvalue weighted by molar-refractivity contribution is -0.130. The number of nitrogens with one attached hydrogen (secondary N) is 1. The molecule has 1 aliphatic rings. The summed E-state index contributed by atoms with van der Waals surface area (Å²) in [6.07, 6.45) is 0.782. The average molecular weight is 278 g/mol. The topological polar surface area (TPSA) is 32.3 Å². The number of nitrogens with zero attached hydrogens (tertiary/aromatic N) is 1. The Labute approximate surface area is 119 Å². The van der Waals surface area contributed by atoms with Gasteiger partial charge in [-0.15, -0.1) is 0 Å². The summed E-state index contributed by atoms with van der Waals surface area (Å²) in [5.41, 5.74) is 1.21. The van der Waals surface area contributed by atoms with E-state index in [1.165, 1.54) is 5.56 Å². The van der Waals surface area contributed by atoms with Gasteiger partial charge in [0, 0.05) is 11.8 Å². The van der Waals surface area contributed by atoms with Gasteiger partial charge in [0.2, 0.25) is 5.91 Å². The number of hydrogen-bond donors (Lipinski definition) is 1. The molecule has 1 aliphatic heterocycles. The van der Waals surface area contributed by atoms with Crippen molar-refractivity contribution in [3.05, 3.63) is 35.9 Å². The zero-order valence-corrected chi connectivity index (χ0v) is 12.5. The Morgan fingerprint density at radius 1 is 1.42 bits per heavy atom. The zero-order chi connectivity index (χ0) is 13.7. The minimum Gasteiger partial charge on any atom is -0.325 e. The minimum absolute atomic E-state index is 0.0588. The first-order chi connectivity index (χ1) is 9.22. The molecule has 0 radical (unpaired) electrons. The van der Waals surface area contributed by atoms with Gasteiger partial charge >= 0.3 is 0 Å². The molecule has 4 heteroatoms. The van der Waals surface area contributed by atoms with E-state index in [0.29, 0.717) is 12.7 Å². The summed E-state index contributed by atoms with van der Waals surface area (Å²) < 4.78 is 0. The van der Waals surface area contributed by atoms with E-state index < -0.39 is 0 Å². The van der Waals surface area contributed by atoms with Gasteiger partial charge in [0.1, 0.15) is 0 Å². The van der Waals surface area contributed by atoms with Gasteiger partial charge in [-0.25, -0.2) is 0 Å². The highest BCUT2D eigenvalue weighted by Crippen LogP contribution is 2.15. The first-order valence-electron chi connectivity index (χ1n) is 6.88. The monoisotopic (exact) mass is 278 g/mol. The fourth-order valence-corrected chi connectivity index (χ4v) is 3.09. The maximum atomic E-state index is 12.4. The molecule has 1 heterocycles. The molecule has 1 aromatic carbocycles. The van der Waals surface area contributed by atoms with Gasteiger partial charge in [0.15, 0.2) is 0 Å². The summed E-state index contributed by atoms with van der Waals surface area (Å²) in [7, 11) is 0. The Bertz CT molecular complexity index is 410. The molecule has 2 unspecified atom stereocenters. The molecule has 2 atom stereocenters. The minimum atomic E-state index is -0.0588. The molecular formula is C15H22N2OS. The molecule has 104 valence electrons. The van der Waals surface area contributed by atoms with Crippen LogP contribution >= 0.6 is 11.8 Å². The van der Waals surface area contributed by atoms with Crippen LogP contribution in [0.4, 0.5) is 0 Å². The van der Waals surface area contributed by atoms with Crippen molar-refractivity contribution in [3.8, 4) is 0 Å². The van der Waals surface area contributed by atoms with Crippen LogP contribution in [0.1, 0.15) is 19.4 Å². The summed E-state index contributed by atoms with van der Waals surface area (Å²) in [5, 5.41) is 3.33. The molecule has 3 nitrogen and oxygen atoms in total. The van der Waals surface area contributed by atoms with Crippen LogP contribution in [0, 0.1) is 0 Å². The normalized spacial score (nSPS) is 20.8. The Morgan fingerprint density at radius 3 is 2.84 bits per heavy atom. The van der Waals surface area contributed by atoms with Crippen molar-refractivity contribution in [1.29, 1.82) is 0 Å². The van der Waals surface area contributed by atoms with E-state index >= 15 is 0 Å². The van der Waals surface area contributed by atoms with Crippen molar-refractivity contribution in [2.75, 3.05) is 18.2 Å². The van der Waals surface area contributed by atoms with Gasteiger partial charge in [-0.1, -0.05) is 37.3 Å². The van der Waals surface area contributed by atoms with Gasteiger partial charge in [0.05, 0.1) is 12.7 Å². The molecule has 1 N–H and O–H groups in total. The van der Waals surface area contributed by atoms with Crippen LogP contribution in [0.15, 0.2) is 30.3 Å². The van der Waals surface area contributed by atoms with Crippen LogP contribution in [0.25, 0.3) is 0 Å². The van der Waals surface area contributed by atoms with Gasteiger partial charge in [-0.2, -0.15) is 11.8 Å². The van der Waals surface area contributed by atoms with Crippen LogP contribution in [0.2, 0.25) is 0 Å². The summed E-state index contributed by atoms with van der Waals surface area (Å²) in [6.45, 7) is 4.97. The highest BCUT2D eigenvalue weighted by Gasteiger charge is 2.33. The number of amides is 1. The standard InChI is InChI=1S/C15H22N2OS/c1-3-19-10-12(2)17-11-16-14(15(17)18)9-13-7-5-4-6-8-13/h4-8,12,14,16H,3,9-11H2,1-2H3. The van der Waals surface area contributed by atoms with E-state index in [-0.39, 0.29) is 11.9 Å². The molecule has 0 aliphatic carbocycles. The summed E-state index contributed by atoms with van der Waals surface area (Å²) in [5.74, 6) is 2.36. The van der Waals surface area contributed by atoms with E-state index in [0.717, 1.165) is 17.9 Å². The smallest absolute Gasteiger partial charge is 0.241 e. The fraction of sp³-hybridized carbons (Fsp3) is 0.533. The van der Waals surface area contributed by atoms with Crippen LogP contribution in [0.3, 0.4) is 0 Å². The number of benzene rings is 1. The molecule has 19 heavy (non-hydrogen) atoms. The van der Waals surface area contributed by atoms with Crippen LogP contribution in [-0.4, -0.2) is 41.1 Å². The summed E-state index contributed by atoms with van der Waals surface area (Å²) in [6, 6.07) is 10.5. The second-order valence-electron chi connectivity index (χ2n) is 4.92. The van der Waals surface area contributed by atoms with Crippen molar-refractivity contribution in [2.45, 2.75) is 32.4 Å². The number of carbonyl (C=O) groups excluding carboxylic acids is 1. The molecule has 0 bridgehead atoms. The quantitative estimate of drug-likeness (QED) is 0.865. The number of thioether (sulfide) groups is 1. The van der Waals surface area contributed by atoms with E-state index in [2.05, 4.69) is 31.3 Å². The van der Waals surface area contributed by atoms with Crippen molar-refractivity contribution in [1.82, 2.24) is 10.2 Å². The molecule has 1 fully saturated rings. The summed E-state index contributed by atoms with van der Waals surface area (Å²) >= 11 is 1.89. The van der Waals surface area contributed by atoms with E-state index in [4.69, 9.17) is 0 Å². The predicted octanol–water partition coefficient (Wildman–Crippen LogP) is 2.13. The highest BCUT2D eigenvalue weighted by atomic mass is 32.2. The molecule has 1 aromatic rings. The van der Waals surface area contributed by atoms with E-state index in [1.54, 1.807) is 0 Å². The highest BCUT2D eigenvalue weighted by molar-refractivity contribution is 7.99. The van der Waals surface area contributed by atoms with Crippen LogP contribution < -0.4 is 5.32 Å². The molecule has 1 saturated heterocycles. The lowest BCUT2D eigenvalue weighted by Gasteiger charge is -2.23. The maximum Gasteiger partial charge on any atom is 0.241 e. The Balaban J connectivity index is 1.90. The van der Waals surface area contributed by atoms with Crippen LogP contribution in [0.5, 0.6) is 0 Å². The third kappa shape index (κ3) is 3.74. The molecule has 0 spiro atoms. The lowest BCUT2D eigenvalue weighted by atomic mass is 10.1. The first kappa shape index (κ1) is 14.4.